The van der Waals surface area contributed by atoms with E-state index < -0.39 is 15.9 Å². The summed E-state index contributed by atoms with van der Waals surface area (Å²) in [4.78, 5) is 14.9. The van der Waals surface area contributed by atoms with Gasteiger partial charge in [0.1, 0.15) is 0 Å². The Bertz CT molecular complexity index is 704. The van der Waals surface area contributed by atoms with Crippen LogP contribution in [-0.4, -0.2) is 40.5 Å². The minimum absolute atomic E-state index is 0.162. The topological polar surface area (TPSA) is 84.5 Å². The van der Waals surface area contributed by atoms with Gasteiger partial charge < -0.3 is 14.8 Å². The van der Waals surface area contributed by atoms with Gasteiger partial charge in [-0.1, -0.05) is 29.2 Å². The highest BCUT2D eigenvalue weighted by atomic mass is 32.3. The molecular formula is C17H23N3O3S. The molecule has 1 aromatic carbocycles. The fourth-order valence-electron chi connectivity index (χ4n) is 4.18. The van der Waals surface area contributed by atoms with Crippen molar-refractivity contribution in [2.75, 3.05) is 25.0 Å². The summed E-state index contributed by atoms with van der Waals surface area (Å²) >= 11 is 0. The molecular weight excluding hydrogens is 326 g/mol. The highest BCUT2D eigenvalue weighted by Crippen LogP contribution is 2.36. The normalized spacial score (nSPS) is 33.3. The van der Waals surface area contributed by atoms with E-state index in [9.17, 15) is 13.6 Å². The smallest absolute Gasteiger partial charge is 0.225 e. The first-order chi connectivity index (χ1) is 11.5. The molecule has 3 aliphatic rings. The molecule has 4 rings (SSSR count). The fourth-order valence-corrected chi connectivity index (χ4v) is 5.47. The van der Waals surface area contributed by atoms with Crippen LogP contribution < -0.4 is 10.0 Å². The molecule has 0 aromatic heterocycles. The van der Waals surface area contributed by atoms with Crippen molar-refractivity contribution < 1.29 is 13.6 Å². The van der Waals surface area contributed by atoms with Gasteiger partial charge in [0.2, 0.25) is 5.91 Å². The van der Waals surface area contributed by atoms with E-state index >= 15 is 0 Å². The number of carbonyl (C=O) groups is 1. The molecule has 24 heavy (non-hydrogen) atoms. The van der Waals surface area contributed by atoms with Crippen molar-refractivity contribution in [3.05, 3.63) is 24.3 Å². The summed E-state index contributed by atoms with van der Waals surface area (Å²) in [7, 11) is -3.51. The maximum Gasteiger partial charge on any atom is 0.225 e. The second kappa shape index (κ2) is 5.82. The van der Waals surface area contributed by atoms with Crippen LogP contribution in [0.2, 0.25) is 0 Å². The number of nitrogens with zero attached hydrogens (tertiary/aromatic N) is 1. The van der Waals surface area contributed by atoms with Gasteiger partial charge in [-0.05, 0) is 31.4 Å². The van der Waals surface area contributed by atoms with E-state index in [0.717, 1.165) is 32.1 Å². The number of fused-ring (bicyclic) bond motifs is 1. The average molecular weight is 349 g/mol. The second-order valence-electron chi connectivity index (χ2n) is 7.22. The minimum Gasteiger partial charge on any atom is -0.593 e. The van der Waals surface area contributed by atoms with Crippen molar-refractivity contribution >= 4 is 22.0 Å². The van der Waals surface area contributed by atoms with Gasteiger partial charge in [-0.25, -0.2) is 0 Å². The number of likely N-dealkylation sites (tertiary alicyclic amines) is 1. The third kappa shape index (κ3) is 2.74. The van der Waals surface area contributed by atoms with Crippen LogP contribution in [0.1, 0.15) is 32.1 Å². The number of benzene rings is 1. The van der Waals surface area contributed by atoms with Crippen LogP contribution in [0.25, 0.3) is 0 Å². The molecule has 1 aromatic rings. The molecule has 7 heteroatoms. The molecule has 2 heterocycles. The number of rotatable bonds is 1. The van der Waals surface area contributed by atoms with Gasteiger partial charge in [0.15, 0.2) is 15.3 Å². The maximum absolute atomic E-state index is 12.7. The summed E-state index contributed by atoms with van der Waals surface area (Å²) in [6.07, 6.45) is 5.01. The molecule has 1 saturated heterocycles. The first-order valence-corrected chi connectivity index (χ1v) is 10.1. The quantitative estimate of drug-likeness (QED) is 0.757. The van der Waals surface area contributed by atoms with Gasteiger partial charge in [0.25, 0.3) is 0 Å². The monoisotopic (exact) mass is 349 g/mol. The molecule has 2 unspecified atom stereocenters. The summed E-state index contributed by atoms with van der Waals surface area (Å²) < 4.78 is 27.6. The number of para-hydroxylation sites is 1. The zero-order chi connectivity index (χ0) is 16.8. The van der Waals surface area contributed by atoms with Crippen LogP contribution in [0, 0.1) is 5.92 Å². The molecule has 2 atom stereocenters. The molecule has 2 N–H and O–H groups in total. The Morgan fingerprint density at radius 3 is 2.83 bits per heavy atom. The van der Waals surface area contributed by atoms with Crippen LogP contribution in [0.4, 0.5) is 5.69 Å². The van der Waals surface area contributed by atoms with Crippen LogP contribution in [-0.2, 0) is 19.4 Å². The fraction of sp³-hybridized carbons (Fsp3) is 0.588. The van der Waals surface area contributed by atoms with E-state index in [1.165, 1.54) is 0 Å². The number of nitrogens with one attached hydrogen (secondary N) is 2. The molecule has 130 valence electrons. The molecule has 1 aliphatic carbocycles. The summed E-state index contributed by atoms with van der Waals surface area (Å²) in [6, 6.07) is 6.96. The van der Waals surface area contributed by atoms with E-state index in [-0.39, 0.29) is 16.7 Å². The summed E-state index contributed by atoms with van der Waals surface area (Å²) in [6.45, 7) is 1.55. The van der Waals surface area contributed by atoms with Gasteiger partial charge >= 0.3 is 0 Å². The van der Waals surface area contributed by atoms with Crippen LogP contribution >= 0.6 is 0 Å². The van der Waals surface area contributed by atoms with Crippen LogP contribution in [0.5, 0.6) is 0 Å². The van der Waals surface area contributed by atoms with Crippen molar-refractivity contribution in [1.29, 1.82) is 0 Å². The van der Waals surface area contributed by atoms with Gasteiger partial charge in [-0.15, -0.1) is 4.72 Å². The lowest BCUT2D eigenvalue weighted by molar-refractivity contribution is -0.134. The Labute approximate surface area is 143 Å². The van der Waals surface area contributed by atoms with Gasteiger partial charge in [0.05, 0.1) is 17.8 Å². The zero-order valence-corrected chi connectivity index (χ0v) is 14.4. The first kappa shape index (κ1) is 16.1. The van der Waals surface area contributed by atoms with E-state index in [0.29, 0.717) is 25.3 Å². The van der Waals surface area contributed by atoms with E-state index in [4.69, 9.17) is 0 Å². The first-order valence-electron chi connectivity index (χ1n) is 8.65. The molecule has 6 nitrogen and oxygen atoms in total. The number of sulfonamides is 1. The largest absolute Gasteiger partial charge is 0.593 e. The lowest BCUT2D eigenvalue weighted by Crippen LogP contribution is -2.50. The third-order valence-corrected chi connectivity index (χ3v) is 7.01. The molecule has 1 saturated carbocycles. The van der Waals surface area contributed by atoms with E-state index in [2.05, 4.69) is 10.0 Å². The van der Waals surface area contributed by atoms with E-state index in [1.54, 1.807) is 18.2 Å². The van der Waals surface area contributed by atoms with Gasteiger partial charge in [0, 0.05) is 19.0 Å². The molecule has 0 bridgehead atoms. The Balaban J connectivity index is 1.57. The second-order valence-corrected chi connectivity index (χ2v) is 8.95. The van der Waals surface area contributed by atoms with Crippen molar-refractivity contribution in [2.24, 2.45) is 5.92 Å². The molecule has 1 amide bonds. The predicted molar refractivity (Wildman–Crippen MR) is 91.0 cm³/mol. The molecule has 1 spiro atoms. The lowest BCUT2D eigenvalue weighted by atomic mass is 9.98. The Hall–Kier alpha value is -1.44. The Kier molecular flexibility index (Phi) is 3.89. The lowest BCUT2D eigenvalue weighted by Gasteiger charge is -2.29. The van der Waals surface area contributed by atoms with Crippen LogP contribution in [0.3, 0.4) is 0 Å². The maximum atomic E-state index is 12.7. The average Bonchev–Trinajstić information content (AvgIpc) is 3.21. The molecule has 0 radical (unpaired) electrons. The molecule has 2 fully saturated rings. The third-order valence-electron chi connectivity index (χ3n) is 5.55. The van der Waals surface area contributed by atoms with Crippen molar-refractivity contribution in [3.8, 4) is 0 Å². The number of hydrogen-bond donors (Lipinski definition) is 2. The number of hydrogen-bond acceptors (Lipinski definition) is 4. The number of amides is 1. The predicted octanol–water partition coefficient (Wildman–Crippen LogP) is 1.77. The van der Waals surface area contributed by atoms with Crippen LogP contribution in [0.15, 0.2) is 29.2 Å². The van der Waals surface area contributed by atoms with Gasteiger partial charge in [-0.2, -0.15) is 0 Å². The van der Waals surface area contributed by atoms with Crippen molar-refractivity contribution in [2.45, 2.75) is 42.5 Å². The number of anilines is 1. The van der Waals surface area contributed by atoms with Crippen molar-refractivity contribution in [1.82, 2.24) is 9.62 Å². The molecule has 2 aliphatic heterocycles. The Morgan fingerprint density at radius 2 is 2.04 bits per heavy atom. The number of carbonyl (C=O) groups excluding carboxylic acids is 1. The summed E-state index contributed by atoms with van der Waals surface area (Å²) in [5, 5.41) is 3.43. The van der Waals surface area contributed by atoms with Crippen molar-refractivity contribution in [3.63, 3.8) is 0 Å². The van der Waals surface area contributed by atoms with Gasteiger partial charge in [-0.3, -0.25) is 4.79 Å². The minimum atomic E-state index is -3.51. The highest BCUT2D eigenvalue weighted by molar-refractivity contribution is 7.96. The summed E-state index contributed by atoms with van der Waals surface area (Å²) in [5.74, 6) is 0.404. The van der Waals surface area contributed by atoms with E-state index in [1.807, 2.05) is 11.0 Å². The Morgan fingerprint density at radius 1 is 1.29 bits per heavy atom. The highest BCUT2D eigenvalue weighted by Gasteiger charge is 2.46. The zero-order valence-electron chi connectivity index (χ0n) is 13.6. The standard InChI is InChI=1S/C17H23N3O3S/c21-16(13-5-1-2-6-13)20-10-9-17(12-20)11-18-24(22,23)15-8-4-3-7-14(15)19-17/h3-4,7-8,13H,1-2,5-6,9-12H2,(H2-,18,19,22,23). The summed E-state index contributed by atoms with van der Waals surface area (Å²) in [5.41, 5.74) is 0.200. The SMILES string of the molecule is O=C(C1CCCC1)N1CCC2(CN[S+](=O)([O-])c3ccccc3N2)C1.